The zero-order chi connectivity index (χ0) is 22.4. The van der Waals surface area contributed by atoms with Crippen LogP contribution in [0.5, 0.6) is 5.75 Å². The highest BCUT2D eigenvalue weighted by atomic mass is 32.2. The average Bonchev–Trinajstić information content (AvgIpc) is 3.38. The lowest BCUT2D eigenvalue weighted by molar-refractivity contribution is 0.1000. The summed E-state index contributed by atoms with van der Waals surface area (Å²) in [5, 5.41) is 7.27. The molecule has 3 N–H and O–H groups in total. The fourth-order valence-corrected chi connectivity index (χ4v) is 3.11. The number of halogens is 1. The molecule has 0 bridgehead atoms. The number of thioether (sulfide) groups is 1. The summed E-state index contributed by atoms with van der Waals surface area (Å²) in [5.41, 5.74) is 7.58. The molecule has 8 nitrogen and oxygen atoms in total. The Morgan fingerprint density at radius 2 is 2.26 bits per heavy atom. The summed E-state index contributed by atoms with van der Waals surface area (Å²) in [6.45, 7) is 4.99. The van der Waals surface area contributed by atoms with Crippen molar-refractivity contribution in [2.45, 2.75) is 26.4 Å². The first-order valence-corrected chi connectivity index (χ1v) is 11.3. The molecule has 4 rings (SSSR count). The largest absolute Gasteiger partial charge is 0.486 e. The van der Waals surface area contributed by atoms with Crippen LogP contribution in [0.2, 0.25) is 0 Å². The van der Waals surface area contributed by atoms with E-state index in [1.54, 1.807) is 19.2 Å². The van der Waals surface area contributed by atoms with Crippen molar-refractivity contribution in [1.29, 1.82) is 0 Å². The van der Waals surface area contributed by atoms with Crippen molar-refractivity contribution in [2.24, 2.45) is 5.73 Å². The molecule has 166 valence electrons. The molecular weight excluding hydrogens is 421 g/mol. The van der Waals surface area contributed by atoms with E-state index in [1.165, 1.54) is 28.7 Å². The van der Waals surface area contributed by atoms with Gasteiger partial charge in [-0.05, 0) is 36.6 Å². The van der Waals surface area contributed by atoms with Gasteiger partial charge in [-0.15, -0.1) is 0 Å². The van der Waals surface area contributed by atoms with Crippen LogP contribution in [-0.2, 0) is 4.74 Å². The van der Waals surface area contributed by atoms with Crippen LogP contribution in [0.4, 0.5) is 15.9 Å². The highest BCUT2D eigenvalue weighted by molar-refractivity contribution is 7.98. The van der Waals surface area contributed by atoms with Crippen molar-refractivity contribution >= 4 is 34.7 Å². The van der Waals surface area contributed by atoms with Crippen molar-refractivity contribution in [1.82, 2.24) is 14.6 Å². The van der Waals surface area contributed by atoms with Gasteiger partial charge in [-0.2, -0.15) is 16.9 Å². The van der Waals surface area contributed by atoms with Crippen molar-refractivity contribution in [2.75, 3.05) is 30.5 Å². The minimum atomic E-state index is -0.545. The highest BCUT2D eigenvalue weighted by Gasteiger charge is 2.21. The number of ether oxygens (including phenoxy) is 2. The second-order valence-corrected chi connectivity index (χ2v) is 8.03. The molecule has 1 fully saturated rings. The molecule has 10 heteroatoms. The van der Waals surface area contributed by atoms with Crippen molar-refractivity contribution in [3.05, 3.63) is 47.7 Å². The number of primary amides is 1. The highest BCUT2D eigenvalue weighted by Crippen LogP contribution is 2.32. The first-order valence-electron chi connectivity index (χ1n) is 9.87. The first kappa shape index (κ1) is 22.8. The minimum absolute atomic E-state index is 0.130. The minimum Gasteiger partial charge on any atom is -0.486 e. The Morgan fingerprint density at radius 1 is 1.48 bits per heavy atom. The summed E-state index contributed by atoms with van der Waals surface area (Å²) in [4.78, 5) is 15.9. The first-order chi connectivity index (χ1) is 14.9. The molecule has 1 saturated heterocycles. The maximum absolute atomic E-state index is 13.7. The molecule has 0 aliphatic carbocycles. The average molecular weight is 448 g/mol. The Bertz CT molecular complexity index is 1050. The van der Waals surface area contributed by atoms with E-state index in [-0.39, 0.29) is 6.10 Å². The van der Waals surface area contributed by atoms with Gasteiger partial charge in [0.05, 0.1) is 24.5 Å². The van der Waals surface area contributed by atoms with Gasteiger partial charge in [0.2, 0.25) is 0 Å². The quantitative estimate of drug-likeness (QED) is 0.595. The smallest absolute Gasteiger partial charge is 0.250 e. The van der Waals surface area contributed by atoms with Gasteiger partial charge in [0.1, 0.15) is 29.5 Å². The second kappa shape index (κ2) is 10.5. The number of aromatic nitrogens is 3. The van der Waals surface area contributed by atoms with E-state index >= 15 is 0 Å². The predicted molar refractivity (Wildman–Crippen MR) is 120 cm³/mol. The normalized spacial score (nSPS) is 15.4. The summed E-state index contributed by atoms with van der Waals surface area (Å²) in [7, 11) is 0. The number of nitrogens with zero attached hydrogens (tertiary/aromatic N) is 3. The number of amides is 1. The van der Waals surface area contributed by atoms with E-state index in [4.69, 9.17) is 15.2 Å². The number of nitrogens with two attached hydrogens (primary N) is 1. The molecule has 1 amide bonds. The third kappa shape index (κ3) is 5.45. The van der Waals surface area contributed by atoms with Crippen LogP contribution in [0.1, 0.15) is 29.3 Å². The second-order valence-electron chi connectivity index (χ2n) is 6.88. The van der Waals surface area contributed by atoms with Crippen LogP contribution in [0.3, 0.4) is 0 Å². The topological polar surface area (TPSA) is 104 Å². The number of hydrogen-bond acceptors (Lipinski definition) is 7. The Balaban J connectivity index is 0.000000628. The van der Waals surface area contributed by atoms with E-state index < -0.39 is 11.7 Å². The van der Waals surface area contributed by atoms with Crippen LogP contribution >= 0.6 is 11.8 Å². The van der Waals surface area contributed by atoms with Crippen molar-refractivity contribution < 1.29 is 18.7 Å². The molecule has 3 aromatic rings. The number of carbonyl (C=O) groups excluding carboxylic acids is 1. The number of carbonyl (C=O) groups is 1. The number of fused-ring (bicyclic) bond motifs is 1. The Kier molecular flexibility index (Phi) is 7.69. The molecule has 0 saturated carbocycles. The van der Waals surface area contributed by atoms with Crippen LogP contribution in [-0.4, -0.2) is 51.8 Å². The zero-order valence-corrected chi connectivity index (χ0v) is 18.5. The Morgan fingerprint density at radius 3 is 2.90 bits per heavy atom. The van der Waals surface area contributed by atoms with E-state index in [0.717, 1.165) is 6.42 Å². The van der Waals surface area contributed by atoms with Gasteiger partial charge in [-0.1, -0.05) is 6.92 Å². The van der Waals surface area contributed by atoms with Gasteiger partial charge in [0.15, 0.2) is 5.82 Å². The summed E-state index contributed by atoms with van der Waals surface area (Å²) in [6, 6.07) is 4.23. The molecule has 0 spiro atoms. The number of hydrogen-bond donors (Lipinski definition) is 2. The number of rotatable bonds is 6. The maximum Gasteiger partial charge on any atom is 0.250 e. The monoisotopic (exact) mass is 447 g/mol. The SMILES string of the molecule is CCSC.Cc1c(C(N)=O)cn2ncnc(Nc3ccc(F)cc3OC3CCOC3)c12. The van der Waals surface area contributed by atoms with Gasteiger partial charge in [-0.3, -0.25) is 4.79 Å². The molecule has 31 heavy (non-hydrogen) atoms. The number of aryl methyl sites for hydroxylation is 1. The molecule has 1 aliphatic rings. The molecule has 1 aliphatic heterocycles. The molecule has 1 atom stereocenters. The number of nitrogens with one attached hydrogen (secondary N) is 1. The molecule has 0 radical (unpaired) electrons. The van der Waals surface area contributed by atoms with E-state index in [0.29, 0.717) is 47.1 Å². The summed E-state index contributed by atoms with van der Waals surface area (Å²) < 4.78 is 26.5. The molecule has 3 heterocycles. The predicted octanol–water partition coefficient (Wildman–Crippen LogP) is 3.56. The van der Waals surface area contributed by atoms with E-state index in [2.05, 4.69) is 28.6 Å². The van der Waals surface area contributed by atoms with Gasteiger partial charge < -0.3 is 20.5 Å². The number of anilines is 2. The van der Waals surface area contributed by atoms with E-state index in [9.17, 15) is 9.18 Å². The lowest BCUT2D eigenvalue weighted by Crippen LogP contribution is -2.16. The fraction of sp³-hybridized carbons (Fsp3) is 0.381. The third-order valence-corrected chi connectivity index (χ3v) is 5.34. The van der Waals surface area contributed by atoms with E-state index in [1.807, 2.05) is 11.8 Å². The molecule has 2 aromatic heterocycles. The fourth-order valence-electron chi connectivity index (χ4n) is 3.11. The van der Waals surface area contributed by atoms with Crippen molar-refractivity contribution in [3.63, 3.8) is 0 Å². The van der Waals surface area contributed by atoms with Gasteiger partial charge in [0, 0.05) is 18.7 Å². The van der Waals surface area contributed by atoms with Crippen LogP contribution < -0.4 is 15.8 Å². The Labute approximate surface area is 184 Å². The van der Waals surface area contributed by atoms with Crippen LogP contribution in [0, 0.1) is 12.7 Å². The molecular formula is C21H26FN5O3S. The standard InChI is InChI=1S/C18H18FN5O3.C3H8S/c1-10-13(17(20)25)7-24-16(10)18(21-9-22-24)23-14-3-2-11(19)6-15(14)27-12-4-5-26-8-12;1-3-4-2/h2-3,6-7,9,12H,4-5,8H2,1H3,(H2,20,25)(H,21,22,23);3H2,1-2H3. The van der Waals surface area contributed by atoms with Crippen LogP contribution in [0.15, 0.2) is 30.7 Å². The Hall–Kier alpha value is -2.85. The zero-order valence-electron chi connectivity index (χ0n) is 17.7. The summed E-state index contributed by atoms with van der Waals surface area (Å²) in [5.74, 6) is 1.10. The van der Waals surface area contributed by atoms with Crippen molar-refractivity contribution in [3.8, 4) is 5.75 Å². The molecule has 1 unspecified atom stereocenters. The number of benzene rings is 1. The maximum atomic E-state index is 13.7. The summed E-state index contributed by atoms with van der Waals surface area (Å²) in [6.07, 6.45) is 5.62. The summed E-state index contributed by atoms with van der Waals surface area (Å²) >= 11 is 1.86. The lowest BCUT2D eigenvalue weighted by atomic mass is 10.2. The third-order valence-electron chi connectivity index (χ3n) is 4.76. The van der Waals surface area contributed by atoms with Gasteiger partial charge >= 0.3 is 0 Å². The van der Waals surface area contributed by atoms with Crippen LogP contribution in [0.25, 0.3) is 5.52 Å². The van der Waals surface area contributed by atoms with Gasteiger partial charge in [0.25, 0.3) is 5.91 Å². The lowest BCUT2D eigenvalue weighted by Gasteiger charge is -2.17. The molecule has 1 aromatic carbocycles. The van der Waals surface area contributed by atoms with Gasteiger partial charge in [-0.25, -0.2) is 13.9 Å².